The summed E-state index contributed by atoms with van der Waals surface area (Å²) in [6, 6.07) is 5.37. The van der Waals surface area contributed by atoms with Gasteiger partial charge in [-0.25, -0.2) is 4.39 Å². The zero-order chi connectivity index (χ0) is 15.4. The van der Waals surface area contributed by atoms with Crippen molar-refractivity contribution in [2.24, 2.45) is 4.99 Å². The number of piperazine rings is 1. The van der Waals surface area contributed by atoms with E-state index in [0.717, 1.165) is 57.1 Å². The number of nitrogens with one attached hydrogen (secondary N) is 1. The van der Waals surface area contributed by atoms with Crippen LogP contribution in [0, 0.1) is 5.82 Å². The minimum absolute atomic E-state index is 0.179. The average Bonchev–Trinajstić information content (AvgIpc) is 2.57. The maximum absolute atomic E-state index is 14.5. The van der Waals surface area contributed by atoms with Gasteiger partial charge in [0.1, 0.15) is 11.7 Å². The molecule has 0 amide bonds. The molecule has 0 radical (unpaired) electrons. The number of nitrogens with zero attached hydrogens (tertiary/aromatic N) is 3. The molecule has 1 fully saturated rings. The minimum Gasteiger partial charge on any atom is -0.395 e. The number of hydrogen-bond donors (Lipinski definition) is 2. The molecule has 0 aromatic heterocycles. The van der Waals surface area contributed by atoms with Crippen LogP contribution in [0.2, 0.25) is 0 Å². The predicted octanol–water partition coefficient (Wildman–Crippen LogP) is 0.680. The highest BCUT2D eigenvalue weighted by Gasteiger charge is 2.20. The summed E-state index contributed by atoms with van der Waals surface area (Å²) >= 11 is 0. The van der Waals surface area contributed by atoms with Crippen molar-refractivity contribution in [3.05, 3.63) is 29.6 Å². The summed E-state index contributed by atoms with van der Waals surface area (Å²) < 4.78 is 14.5. The minimum atomic E-state index is -0.191. The number of aliphatic hydroxyl groups excluding tert-OH is 1. The molecule has 3 rings (SSSR count). The van der Waals surface area contributed by atoms with E-state index in [4.69, 9.17) is 5.11 Å². The molecule has 0 unspecified atom stereocenters. The van der Waals surface area contributed by atoms with Crippen LogP contribution in [-0.4, -0.2) is 68.3 Å². The number of halogens is 1. The first-order valence-corrected chi connectivity index (χ1v) is 7.94. The number of β-amino-alcohol motifs (C(OH)–C–C–N with tert-alkyl or cyclic N) is 1. The summed E-state index contributed by atoms with van der Waals surface area (Å²) in [6.45, 7) is 5.86. The normalized spacial score (nSPS) is 19.7. The van der Waals surface area contributed by atoms with Gasteiger partial charge in [0.15, 0.2) is 0 Å². The molecule has 2 heterocycles. The lowest BCUT2D eigenvalue weighted by Gasteiger charge is -2.36. The SMILES string of the molecule is OCCN1CCN(c2ccc(C3=NCCCN3)cc2F)CC1. The second-order valence-corrected chi connectivity index (χ2v) is 5.73. The van der Waals surface area contributed by atoms with Gasteiger partial charge in [0, 0.05) is 51.4 Å². The standard InChI is InChI=1S/C16H23FN4O/c17-14-12-13(16-18-4-1-5-19-16)2-3-15(14)21-8-6-20(7-9-21)10-11-22/h2-3,12,22H,1,4-11H2,(H,18,19). The van der Waals surface area contributed by atoms with Crippen molar-refractivity contribution in [3.8, 4) is 0 Å². The van der Waals surface area contributed by atoms with Gasteiger partial charge in [-0.15, -0.1) is 0 Å². The maximum atomic E-state index is 14.5. The highest BCUT2D eigenvalue weighted by Crippen LogP contribution is 2.22. The Morgan fingerprint density at radius 3 is 2.68 bits per heavy atom. The molecule has 120 valence electrons. The Balaban J connectivity index is 1.69. The number of aliphatic imine (C=N–C) groups is 1. The van der Waals surface area contributed by atoms with E-state index >= 15 is 0 Å². The molecule has 2 N–H and O–H groups in total. The van der Waals surface area contributed by atoms with Gasteiger partial charge in [0.05, 0.1) is 12.3 Å². The highest BCUT2D eigenvalue weighted by molar-refractivity contribution is 5.99. The van der Waals surface area contributed by atoms with Gasteiger partial charge in [-0.05, 0) is 24.6 Å². The van der Waals surface area contributed by atoms with Crippen LogP contribution in [0.3, 0.4) is 0 Å². The molecular formula is C16H23FN4O. The van der Waals surface area contributed by atoms with E-state index in [0.29, 0.717) is 12.2 Å². The summed E-state index contributed by atoms with van der Waals surface area (Å²) in [4.78, 5) is 8.68. The predicted molar refractivity (Wildman–Crippen MR) is 86.2 cm³/mol. The third-order valence-corrected chi connectivity index (χ3v) is 4.25. The van der Waals surface area contributed by atoms with Crippen LogP contribution in [0.15, 0.2) is 23.2 Å². The Morgan fingerprint density at radius 2 is 2.05 bits per heavy atom. The van der Waals surface area contributed by atoms with Crippen LogP contribution in [0.1, 0.15) is 12.0 Å². The fraction of sp³-hybridized carbons (Fsp3) is 0.562. The lowest BCUT2D eigenvalue weighted by atomic mass is 10.1. The van der Waals surface area contributed by atoms with E-state index in [2.05, 4.69) is 20.1 Å². The van der Waals surface area contributed by atoms with Crippen molar-refractivity contribution in [2.45, 2.75) is 6.42 Å². The van der Waals surface area contributed by atoms with Crippen molar-refractivity contribution in [1.82, 2.24) is 10.2 Å². The average molecular weight is 306 g/mol. The van der Waals surface area contributed by atoms with Crippen LogP contribution >= 0.6 is 0 Å². The van der Waals surface area contributed by atoms with E-state index in [1.807, 2.05) is 12.1 Å². The molecule has 1 aromatic rings. The molecule has 2 aliphatic rings. The Labute approximate surface area is 130 Å². The Kier molecular flexibility index (Phi) is 4.90. The number of hydrogen-bond acceptors (Lipinski definition) is 5. The molecule has 1 aromatic carbocycles. The molecule has 0 spiro atoms. The van der Waals surface area contributed by atoms with Gasteiger partial charge in [-0.1, -0.05) is 0 Å². The molecule has 5 nitrogen and oxygen atoms in total. The topological polar surface area (TPSA) is 51.1 Å². The summed E-state index contributed by atoms with van der Waals surface area (Å²) in [5.74, 6) is 0.604. The maximum Gasteiger partial charge on any atom is 0.147 e. The summed E-state index contributed by atoms with van der Waals surface area (Å²) in [5.41, 5.74) is 1.48. The molecule has 0 atom stereocenters. The first kappa shape index (κ1) is 15.2. The fourth-order valence-corrected chi connectivity index (χ4v) is 2.99. The second kappa shape index (κ2) is 7.07. The molecule has 0 saturated carbocycles. The number of rotatable bonds is 4. The summed E-state index contributed by atoms with van der Waals surface area (Å²) in [5, 5.41) is 12.2. The van der Waals surface area contributed by atoms with Gasteiger partial charge in [-0.2, -0.15) is 0 Å². The van der Waals surface area contributed by atoms with Crippen molar-refractivity contribution >= 4 is 11.5 Å². The Hall–Kier alpha value is -1.66. The van der Waals surface area contributed by atoms with Crippen LogP contribution in [0.25, 0.3) is 0 Å². The molecule has 2 aliphatic heterocycles. The molecule has 0 bridgehead atoms. The van der Waals surface area contributed by atoms with Crippen LogP contribution in [-0.2, 0) is 0 Å². The largest absolute Gasteiger partial charge is 0.395 e. The summed E-state index contributed by atoms with van der Waals surface area (Å²) in [7, 11) is 0. The first-order valence-electron chi connectivity index (χ1n) is 7.94. The van der Waals surface area contributed by atoms with E-state index in [9.17, 15) is 4.39 Å². The second-order valence-electron chi connectivity index (χ2n) is 5.73. The quantitative estimate of drug-likeness (QED) is 0.859. The number of anilines is 1. The highest BCUT2D eigenvalue weighted by atomic mass is 19.1. The van der Waals surface area contributed by atoms with E-state index in [1.165, 1.54) is 0 Å². The smallest absolute Gasteiger partial charge is 0.147 e. The molecule has 1 saturated heterocycles. The van der Waals surface area contributed by atoms with Crippen LogP contribution in [0.5, 0.6) is 0 Å². The van der Waals surface area contributed by atoms with Crippen LogP contribution < -0.4 is 10.2 Å². The lowest BCUT2D eigenvalue weighted by molar-refractivity contribution is 0.188. The van der Waals surface area contributed by atoms with Crippen molar-refractivity contribution in [1.29, 1.82) is 0 Å². The number of amidine groups is 1. The molecule has 6 heteroatoms. The monoisotopic (exact) mass is 306 g/mol. The Morgan fingerprint density at radius 1 is 1.23 bits per heavy atom. The zero-order valence-electron chi connectivity index (χ0n) is 12.8. The van der Waals surface area contributed by atoms with Gasteiger partial charge in [-0.3, -0.25) is 9.89 Å². The third kappa shape index (κ3) is 3.39. The number of aliphatic hydroxyl groups is 1. The molecule has 0 aliphatic carbocycles. The first-order chi connectivity index (χ1) is 10.8. The van der Waals surface area contributed by atoms with Gasteiger partial charge in [0.2, 0.25) is 0 Å². The van der Waals surface area contributed by atoms with E-state index < -0.39 is 0 Å². The Bertz CT molecular complexity index is 541. The third-order valence-electron chi connectivity index (χ3n) is 4.25. The summed E-state index contributed by atoms with van der Waals surface area (Å²) in [6.07, 6.45) is 1.03. The van der Waals surface area contributed by atoms with E-state index in [1.54, 1.807) is 6.07 Å². The van der Waals surface area contributed by atoms with Crippen molar-refractivity contribution < 1.29 is 9.50 Å². The van der Waals surface area contributed by atoms with Gasteiger partial charge >= 0.3 is 0 Å². The zero-order valence-corrected chi connectivity index (χ0v) is 12.8. The van der Waals surface area contributed by atoms with Crippen molar-refractivity contribution in [3.63, 3.8) is 0 Å². The van der Waals surface area contributed by atoms with E-state index in [-0.39, 0.29) is 12.4 Å². The van der Waals surface area contributed by atoms with Crippen molar-refractivity contribution in [2.75, 3.05) is 57.3 Å². The van der Waals surface area contributed by atoms with Gasteiger partial charge in [0.25, 0.3) is 0 Å². The molecular weight excluding hydrogens is 283 g/mol. The lowest BCUT2D eigenvalue weighted by Crippen LogP contribution is -2.47. The fourth-order valence-electron chi connectivity index (χ4n) is 2.99. The molecule has 22 heavy (non-hydrogen) atoms. The van der Waals surface area contributed by atoms with Crippen LogP contribution in [0.4, 0.5) is 10.1 Å². The number of benzene rings is 1. The van der Waals surface area contributed by atoms with Gasteiger partial charge < -0.3 is 15.3 Å².